The number of hydrogen-bond acceptors (Lipinski definition) is 2. The van der Waals surface area contributed by atoms with Gasteiger partial charge in [0, 0.05) is 35.6 Å². The van der Waals surface area contributed by atoms with Crippen molar-refractivity contribution in [3.05, 3.63) is 69.7 Å². The Kier molecular flexibility index (Phi) is 4.90. The molecule has 1 fully saturated rings. The van der Waals surface area contributed by atoms with E-state index >= 15 is 0 Å². The van der Waals surface area contributed by atoms with Crippen molar-refractivity contribution in [1.29, 1.82) is 0 Å². The number of rotatable bonds is 4. The first-order valence-corrected chi connectivity index (χ1v) is 8.23. The molecule has 0 saturated carbocycles. The Labute approximate surface area is 145 Å². The second-order valence-corrected chi connectivity index (χ2v) is 6.81. The van der Waals surface area contributed by atoms with Gasteiger partial charge in [0.15, 0.2) is 0 Å². The van der Waals surface area contributed by atoms with Crippen molar-refractivity contribution in [3.8, 4) is 0 Å². The predicted molar refractivity (Wildman–Crippen MR) is 92.0 cm³/mol. The molecule has 0 bridgehead atoms. The lowest BCUT2D eigenvalue weighted by molar-refractivity contribution is -0.141. The van der Waals surface area contributed by atoms with Gasteiger partial charge in [0.1, 0.15) is 0 Å². The highest BCUT2D eigenvalue weighted by Gasteiger charge is 2.38. The van der Waals surface area contributed by atoms with Crippen LogP contribution in [0, 0.1) is 5.92 Å². The van der Waals surface area contributed by atoms with Crippen molar-refractivity contribution < 1.29 is 9.90 Å². The summed E-state index contributed by atoms with van der Waals surface area (Å²) in [6.45, 7) is 1.96. The van der Waals surface area contributed by atoms with Crippen molar-refractivity contribution >= 4 is 29.2 Å². The predicted octanol–water partition coefficient (Wildman–Crippen LogP) is 4.29. The van der Waals surface area contributed by atoms with Crippen molar-refractivity contribution in [2.24, 2.45) is 5.92 Å². The van der Waals surface area contributed by atoms with E-state index in [1.54, 1.807) is 6.07 Å². The highest BCUT2D eigenvalue weighted by atomic mass is 35.5. The maximum Gasteiger partial charge on any atom is 0.308 e. The second-order valence-electron chi connectivity index (χ2n) is 5.93. The molecular weight excluding hydrogens is 333 g/mol. The molecule has 1 saturated heterocycles. The summed E-state index contributed by atoms with van der Waals surface area (Å²) < 4.78 is 0. The standard InChI is InChI=1S/C18H17Cl2NO2/c19-14-6-13(7-15(20)8-14)16-10-21(11-17(16)18(22)23)9-12-4-2-1-3-5-12/h1-8,16-17H,9-11H2,(H,22,23). The first-order chi connectivity index (χ1) is 11.0. The summed E-state index contributed by atoms with van der Waals surface area (Å²) in [4.78, 5) is 13.8. The van der Waals surface area contributed by atoms with Gasteiger partial charge >= 0.3 is 5.97 Å². The van der Waals surface area contributed by atoms with E-state index < -0.39 is 11.9 Å². The van der Waals surface area contributed by atoms with Crippen LogP contribution in [-0.4, -0.2) is 29.1 Å². The number of aliphatic carboxylic acids is 1. The third-order valence-corrected chi connectivity index (χ3v) is 4.71. The van der Waals surface area contributed by atoms with Crippen LogP contribution in [0.4, 0.5) is 0 Å². The van der Waals surface area contributed by atoms with E-state index in [2.05, 4.69) is 17.0 Å². The molecule has 0 aliphatic carbocycles. The number of carboxylic acids is 1. The molecule has 2 aromatic carbocycles. The maximum atomic E-state index is 11.7. The summed E-state index contributed by atoms with van der Waals surface area (Å²) in [6.07, 6.45) is 0. The Bertz CT molecular complexity index is 685. The number of nitrogens with zero attached hydrogens (tertiary/aromatic N) is 1. The van der Waals surface area contributed by atoms with Crippen LogP contribution in [0.25, 0.3) is 0 Å². The smallest absolute Gasteiger partial charge is 0.308 e. The summed E-state index contributed by atoms with van der Waals surface area (Å²) in [5.41, 5.74) is 2.08. The zero-order chi connectivity index (χ0) is 16.4. The Morgan fingerprint density at radius 1 is 1.09 bits per heavy atom. The molecule has 5 heteroatoms. The molecule has 0 amide bonds. The monoisotopic (exact) mass is 349 g/mol. The highest BCUT2D eigenvalue weighted by Crippen LogP contribution is 2.36. The lowest BCUT2D eigenvalue weighted by atomic mass is 9.89. The molecule has 3 rings (SSSR count). The number of carbonyl (C=O) groups is 1. The van der Waals surface area contributed by atoms with Gasteiger partial charge in [0.25, 0.3) is 0 Å². The minimum absolute atomic E-state index is 0.104. The van der Waals surface area contributed by atoms with Gasteiger partial charge in [-0.25, -0.2) is 0 Å². The topological polar surface area (TPSA) is 40.5 Å². The number of carboxylic acid groups (broad SMARTS) is 1. The number of hydrogen-bond donors (Lipinski definition) is 1. The maximum absolute atomic E-state index is 11.7. The zero-order valence-corrected chi connectivity index (χ0v) is 14.0. The largest absolute Gasteiger partial charge is 0.481 e. The zero-order valence-electron chi connectivity index (χ0n) is 12.5. The van der Waals surface area contributed by atoms with Crippen LogP contribution < -0.4 is 0 Å². The van der Waals surface area contributed by atoms with Crippen molar-refractivity contribution in [2.75, 3.05) is 13.1 Å². The van der Waals surface area contributed by atoms with Gasteiger partial charge in [-0.1, -0.05) is 53.5 Å². The normalized spacial score (nSPS) is 21.5. The highest BCUT2D eigenvalue weighted by molar-refractivity contribution is 6.34. The molecule has 23 heavy (non-hydrogen) atoms. The third kappa shape index (κ3) is 3.86. The first-order valence-electron chi connectivity index (χ1n) is 7.48. The Hall–Kier alpha value is -1.55. The molecule has 2 aromatic rings. The Morgan fingerprint density at radius 2 is 1.74 bits per heavy atom. The molecule has 3 nitrogen and oxygen atoms in total. The van der Waals surface area contributed by atoms with Gasteiger partial charge in [-0.05, 0) is 29.3 Å². The van der Waals surface area contributed by atoms with Gasteiger partial charge in [0.05, 0.1) is 5.92 Å². The van der Waals surface area contributed by atoms with Crippen LogP contribution in [0.2, 0.25) is 10.0 Å². The van der Waals surface area contributed by atoms with Crippen LogP contribution in [0.1, 0.15) is 17.0 Å². The minimum Gasteiger partial charge on any atom is -0.481 e. The molecule has 2 atom stereocenters. The van der Waals surface area contributed by atoms with Crippen LogP contribution in [0.3, 0.4) is 0 Å². The molecule has 0 aromatic heterocycles. The van der Waals surface area contributed by atoms with Crippen LogP contribution in [-0.2, 0) is 11.3 Å². The SMILES string of the molecule is O=C(O)C1CN(Cc2ccccc2)CC1c1cc(Cl)cc(Cl)c1. The molecule has 1 aliphatic rings. The van der Waals surface area contributed by atoms with Crippen LogP contribution in [0.5, 0.6) is 0 Å². The van der Waals surface area contributed by atoms with E-state index in [1.807, 2.05) is 30.3 Å². The quantitative estimate of drug-likeness (QED) is 0.894. The summed E-state index contributed by atoms with van der Waals surface area (Å²) >= 11 is 12.2. The van der Waals surface area contributed by atoms with Gasteiger partial charge in [0.2, 0.25) is 0 Å². The van der Waals surface area contributed by atoms with Crippen LogP contribution in [0.15, 0.2) is 48.5 Å². The summed E-state index contributed by atoms with van der Waals surface area (Å²) in [7, 11) is 0. The van der Waals surface area contributed by atoms with Crippen molar-refractivity contribution in [3.63, 3.8) is 0 Å². The molecular formula is C18H17Cl2NO2. The lowest BCUT2D eigenvalue weighted by Crippen LogP contribution is -2.23. The Balaban J connectivity index is 1.82. The molecule has 120 valence electrons. The van der Waals surface area contributed by atoms with E-state index in [9.17, 15) is 9.90 Å². The fourth-order valence-corrected chi connectivity index (χ4v) is 3.78. The molecule has 1 aliphatic heterocycles. The molecule has 0 spiro atoms. The number of halogens is 2. The average molecular weight is 350 g/mol. The Morgan fingerprint density at radius 3 is 2.35 bits per heavy atom. The van der Waals surface area contributed by atoms with Crippen molar-refractivity contribution in [1.82, 2.24) is 4.90 Å². The van der Waals surface area contributed by atoms with E-state index in [0.29, 0.717) is 23.1 Å². The molecule has 1 N–H and O–H groups in total. The average Bonchev–Trinajstić information content (AvgIpc) is 2.91. The number of benzene rings is 2. The van der Waals surface area contributed by atoms with E-state index in [0.717, 1.165) is 12.1 Å². The fraction of sp³-hybridized carbons (Fsp3) is 0.278. The minimum atomic E-state index is -0.776. The lowest BCUT2D eigenvalue weighted by Gasteiger charge is -2.17. The second kappa shape index (κ2) is 6.91. The fourth-order valence-electron chi connectivity index (χ4n) is 3.23. The first kappa shape index (κ1) is 16.3. The van der Waals surface area contributed by atoms with Crippen molar-refractivity contribution in [2.45, 2.75) is 12.5 Å². The summed E-state index contributed by atoms with van der Waals surface area (Å²) in [5.74, 6) is -1.33. The molecule has 2 unspecified atom stereocenters. The van der Waals surface area contributed by atoms with Gasteiger partial charge in [-0.2, -0.15) is 0 Å². The van der Waals surface area contributed by atoms with E-state index in [1.165, 1.54) is 5.56 Å². The summed E-state index contributed by atoms with van der Waals surface area (Å²) in [6, 6.07) is 15.4. The third-order valence-electron chi connectivity index (χ3n) is 4.27. The molecule has 0 radical (unpaired) electrons. The van der Waals surface area contributed by atoms with Gasteiger partial charge in [-0.15, -0.1) is 0 Å². The van der Waals surface area contributed by atoms with E-state index in [4.69, 9.17) is 23.2 Å². The van der Waals surface area contributed by atoms with Gasteiger partial charge in [-0.3, -0.25) is 9.69 Å². The van der Waals surface area contributed by atoms with Gasteiger partial charge < -0.3 is 5.11 Å². The van der Waals surface area contributed by atoms with E-state index in [-0.39, 0.29) is 5.92 Å². The number of likely N-dealkylation sites (tertiary alicyclic amines) is 1. The van der Waals surface area contributed by atoms with Crippen LogP contribution >= 0.6 is 23.2 Å². The molecule has 1 heterocycles. The summed E-state index contributed by atoms with van der Waals surface area (Å²) in [5, 5.41) is 10.7.